The first-order valence-electron chi connectivity index (χ1n) is 10.3. The zero-order chi connectivity index (χ0) is 22.4. The second-order valence-corrected chi connectivity index (χ2v) is 7.90. The Morgan fingerprint density at radius 2 is 1.61 bits per heavy atom. The van der Waals surface area contributed by atoms with Crippen molar-refractivity contribution in [2.45, 2.75) is 27.2 Å². The van der Waals surface area contributed by atoms with Gasteiger partial charge in [0, 0.05) is 29.7 Å². The van der Waals surface area contributed by atoms with Gasteiger partial charge in [-0.2, -0.15) is 0 Å². The molecular formula is C25H27N3O3. The van der Waals surface area contributed by atoms with Crippen molar-refractivity contribution in [3.05, 3.63) is 93.9 Å². The molecule has 0 atom stereocenters. The number of nitrogens with one attached hydrogen (secondary N) is 2. The Labute approximate surface area is 181 Å². The summed E-state index contributed by atoms with van der Waals surface area (Å²) >= 11 is 0. The minimum absolute atomic E-state index is 0.100. The van der Waals surface area contributed by atoms with Crippen LogP contribution in [0.25, 0.3) is 5.69 Å². The Morgan fingerprint density at radius 1 is 0.935 bits per heavy atom. The molecule has 0 aliphatic rings. The maximum atomic E-state index is 12.8. The number of pyridine rings is 1. The lowest BCUT2D eigenvalue weighted by molar-refractivity contribution is 0.0949. The van der Waals surface area contributed by atoms with Crippen molar-refractivity contribution in [3.63, 3.8) is 0 Å². The molecule has 31 heavy (non-hydrogen) atoms. The third-order valence-electron chi connectivity index (χ3n) is 4.92. The molecule has 0 saturated heterocycles. The van der Waals surface area contributed by atoms with Gasteiger partial charge in [0.15, 0.2) is 0 Å². The Bertz CT molecular complexity index is 1110. The van der Waals surface area contributed by atoms with Crippen molar-refractivity contribution in [1.82, 2.24) is 9.88 Å². The van der Waals surface area contributed by atoms with Crippen LogP contribution in [0.4, 0.5) is 5.69 Å². The summed E-state index contributed by atoms with van der Waals surface area (Å²) in [5.74, 6) is -0.107. The van der Waals surface area contributed by atoms with Gasteiger partial charge in [0.25, 0.3) is 17.4 Å². The van der Waals surface area contributed by atoms with E-state index in [0.29, 0.717) is 29.4 Å². The molecule has 0 aliphatic carbocycles. The number of nitrogens with zero attached hydrogens (tertiary/aromatic N) is 1. The van der Waals surface area contributed by atoms with E-state index >= 15 is 0 Å². The molecule has 2 aromatic carbocycles. The van der Waals surface area contributed by atoms with Crippen LogP contribution in [0.3, 0.4) is 0 Å². The fourth-order valence-corrected chi connectivity index (χ4v) is 3.05. The van der Waals surface area contributed by atoms with Crippen LogP contribution < -0.4 is 16.2 Å². The van der Waals surface area contributed by atoms with E-state index < -0.39 is 0 Å². The Hall–Kier alpha value is -3.67. The normalized spacial score (nSPS) is 10.7. The average molecular weight is 418 g/mol. The van der Waals surface area contributed by atoms with E-state index in [9.17, 15) is 14.4 Å². The summed E-state index contributed by atoms with van der Waals surface area (Å²) in [4.78, 5) is 37.6. The van der Waals surface area contributed by atoms with Gasteiger partial charge in [0.1, 0.15) is 5.56 Å². The van der Waals surface area contributed by atoms with E-state index in [2.05, 4.69) is 24.5 Å². The maximum absolute atomic E-state index is 12.8. The number of hydrogen-bond acceptors (Lipinski definition) is 3. The maximum Gasteiger partial charge on any atom is 0.267 e. The van der Waals surface area contributed by atoms with Crippen LogP contribution in [0, 0.1) is 12.8 Å². The molecule has 3 rings (SSSR count). The number of aryl methyl sites for hydroxylation is 1. The van der Waals surface area contributed by atoms with Gasteiger partial charge in [-0.15, -0.1) is 0 Å². The second kappa shape index (κ2) is 9.89. The first kappa shape index (κ1) is 22.0. The molecule has 160 valence electrons. The van der Waals surface area contributed by atoms with E-state index in [1.807, 2.05) is 19.1 Å². The van der Waals surface area contributed by atoms with E-state index in [1.165, 1.54) is 10.6 Å². The predicted octanol–water partition coefficient (Wildman–Crippen LogP) is 4.17. The van der Waals surface area contributed by atoms with Crippen molar-refractivity contribution >= 4 is 17.5 Å². The van der Waals surface area contributed by atoms with E-state index in [1.54, 1.807) is 48.7 Å². The lowest BCUT2D eigenvalue weighted by Crippen LogP contribution is -2.33. The molecule has 1 aromatic heterocycles. The van der Waals surface area contributed by atoms with Crippen LogP contribution in [-0.4, -0.2) is 22.9 Å². The van der Waals surface area contributed by atoms with Gasteiger partial charge in [-0.3, -0.25) is 19.0 Å². The highest BCUT2D eigenvalue weighted by atomic mass is 16.2. The molecule has 2 N–H and O–H groups in total. The molecule has 6 heteroatoms. The number of hydrogen-bond donors (Lipinski definition) is 2. The van der Waals surface area contributed by atoms with E-state index in [4.69, 9.17) is 0 Å². The molecule has 6 nitrogen and oxygen atoms in total. The standard InChI is InChI=1S/C25H27N3O3/c1-17(2)14-15-26-24(30)22-5-4-16-28(25(22)31)21-12-10-20(11-13-21)27-23(29)19-8-6-18(3)7-9-19/h4-13,16-17H,14-15H2,1-3H3,(H,26,30)(H,27,29). The first-order valence-corrected chi connectivity index (χ1v) is 10.3. The fraction of sp³-hybridized carbons (Fsp3) is 0.240. The van der Waals surface area contributed by atoms with Crippen LogP contribution in [0.15, 0.2) is 71.7 Å². The minimum atomic E-state index is -0.388. The van der Waals surface area contributed by atoms with Crippen LogP contribution in [0.5, 0.6) is 0 Å². The summed E-state index contributed by atoms with van der Waals surface area (Å²) in [7, 11) is 0. The molecule has 2 amide bonds. The highest BCUT2D eigenvalue weighted by Gasteiger charge is 2.13. The molecule has 0 saturated carbocycles. The Balaban J connectivity index is 1.73. The lowest BCUT2D eigenvalue weighted by atomic mass is 10.1. The topological polar surface area (TPSA) is 80.2 Å². The minimum Gasteiger partial charge on any atom is -0.352 e. The quantitative estimate of drug-likeness (QED) is 0.605. The monoisotopic (exact) mass is 417 g/mol. The van der Waals surface area contributed by atoms with E-state index in [0.717, 1.165) is 12.0 Å². The van der Waals surface area contributed by atoms with Gasteiger partial charge in [0.05, 0.1) is 0 Å². The lowest BCUT2D eigenvalue weighted by Gasteiger charge is -2.11. The predicted molar refractivity (Wildman–Crippen MR) is 123 cm³/mol. The number of benzene rings is 2. The molecule has 1 heterocycles. The molecule has 0 aliphatic heterocycles. The summed E-state index contributed by atoms with van der Waals surface area (Å²) in [5.41, 5.74) is 2.59. The van der Waals surface area contributed by atoms with Crippen molar-refractivity contribution in [2.75, 3.05) is 11.9 Å². The number of carbonyl (C=O) groups excluding carboxylic acids is 2. The van der Waals surface area contributed by atoms with Crippen LogP contribution in [0.1, 0.15) is 46.5 Å². The summed E-state index contributed by atoms with van der Waals surface area (Å²) in [5, 5.41) is 5.64. The van der Waals surface area contributed by atoms with Gasteiger partial charge in [-0.25, -0.2) is 0 Å². The second-order valence-electron chi connectivity index (χ2n) is 7.90. The summed E-state index contributed by atoms with van der Waals surface area (Å²) in [6, 6.07) is 17.4. The van der Waals surface area contributed by atoms with Crippen molar-refractivity contribution < 1.29 is 9.59 Å². The van der Waals surface area contributed by atoms with E-state index in [-0.39, 0.29) is 22.9 Å². The zero-order valence-electron chi connectivity index (χ0n) is 18.0. The zero-order valence-corrected chi connectivity index (χ0v) is 18.0. The molecular weight excluding hydrogens is 390 g/mol. The SMILES string of the molecule is Cc1ccc(C(=O)Nc2ccc(-n3cccc(C(=O)NCCC(C)C)c3=O)cc2)cc1. The summed E-state index contributed by atoms with van der Waals surface area (Å²) in [6.07, 6.45) is 2.47. The van der Waals surface area contributed by atoms with Gasteiger partial charge in [-0.05, 0) is 67.8 Å². The Morgan fingerprint density at radius 3 is 2.26 bits per heavy atom. The third kappa shape index (κ3) is 5.69. The molecule has 0 spiro atoms. The van der Waals surface area contributed by atoms with Crippen LogP contribution >= 0.6 is 0 Å². The van der Waals surface area contributed by atoms with Crippen molar-refractivity contribution in [2.24, 2.45) is 5.92 Å². The molecule has 0 radical (unpaired) electrons. The third-order valence-corrected chi connectivity index (χ3v) is 4.92. The van der Waals surface area contributed by atoms with Gasteiger partial charge >= 0.3 is 0 Å². The van der Waals surface area contributed by atoms with Gasteiger partial charge in [-0.1, -0.05) is 31.5 Å². The number of anilines is 1. The highest BCUT2D eigenvalue weighted by Crippen LogP contribution is 2.14. The largest absolute Gasteiger partial charge is 0.352 e. The molecule has 0 bridgehead atoms. The molecule has 0 unspecified atom stereocenters. The van der Waals surface area contributed by atoms with Crippen LogP contribution in [-0.2, 0) is 0 Å². The molecule has 3 aromatic rings. The number of aromatic nitrogens is 1. The average Bonchev–Trinajstić information content (AvgIpc) is 2.74. The highest BCUT2D eigenvalue weighted by molar-refractivity contribution is 6.04. The Kier molecular flexibility index (Phi) is 7.03. The van der Waals surface area contributed by atoms with Crippen molar-refractivity contribution in [3.8, 4) is 5.69 Å². The van der Waals surface area contributed by atoms with Crippen molar-refractivity contribution in [1.29, 1.82) is 0 Å². The van der Waals surface area contributed by atoms with Crippen LogP contribution in [0.2, 0.25) is 0 Å². The first-order chi connectivity index (χ1) is 14.8. The van der Waals surface area contributed by atoms with Gasteiger partial charge in [0.2, 0.25) is 0 Å². The number of rotatable bonds is 7. The number of carbonyl (C=O) groups is 2. The molecule has 0 fully saturated rings. The fourth-order valence-electron chi connectivity index (χ4n) is 3.05. The summed E-state index contributed by atoms with van der Waals surface area (Å²) < 4.78 is 1.42. The number of amides is 2. The van der Waals surface area contributed by atoms with Gasteiger partial charge < -0.3 is 10.6 Å². The smallest absolute Gasteiger partial charge is 0.267 e. The summed E-state index contributed by atoms with van der Waals surface area (Å²) in [6.45, 7) is 6.65.